The second kappa shape index (κ2) is 5.73. The van der Waals surface area contributed by atoms with Crippen molar-refractivity contribution >= 4 is 33.3 Å². The van der Waals surface area contributed by atoms with Crippen molar-refractivity contribution in [1.82, 2.24) is 9.97 Å². The Morgan fingerprint density at radius 1 is 1.14 bits per heavy atom. The molecule has 0 aliphatic carbocycles. The number of benzene rings is 1. The molecule has 3 aromatic rings. The second-order valence-corrected chi connectivity index (χ2v) is 7.09. The molecule has 0 unspecified atom stereocenters. The van der Waals surface area contributed by atoms with E-state index in [-0.39, 0.29) is 5.82 Å². The number of thiophene rings is 1. The lowest BCUT2D eigenvalue weighted by atomic mass is 10.2. The van der Waals surface area contributed by atoms with Crippen LogP contribution in [0.5, 0.6) is 0 Å². The maximum absolute atomic E-state index is 13.7. The highest BCUT2D eigenvalue weighted by molar-refractivity contribution is 7.98. The lowest BCUT2D eigenvalue weighted by Gasteiger charge is -2.06. The average Bonchev–Trinajstić information content (AvgIpc) is 2.72. The van der Waals surface area contributed by atoms with E-state index in [1.54, 1.807) is 29.2 Å². The van der Waals surface area contributed by atoms with E-state index in [1.165, 1.54) is 16.5 Å². The number of aryl methyl sites for hydroxylation is 3. The highest BCUT2D eigenvalue weighted by atomic mass is 32.2. The highest BCUT2D eigenvalue weighted by Crippen LogP contribution is 2.36. The van der Waals surface area contributed by atoms with Gasteiger partial charge in [0.1, 0.15) is 21.5 Å². The molecule has 21 heavy (non-hydrogen) atoms. The molecule has 0 N–H and O–H groups in total. The molecule has 0 spiro atoms. The Labute approximate surface area is 131 Å². The molecule has 2 aromatic heterocycles. The van der Waals surface area contributed by atoms with Gasteiger partial charge in [-0.05, 0) is 38.0 Å². The van der Waals surface area contributed by atoms with E-state index < -0.39 is 0 Å². The van der Waals surface area contributed by atoms with Crippen molar-refractivity contribution < 1.29 is 4.39 Å². The fourth-order valence-corrected chi connectivity index (χ4v) is 4.44. The molecule has 2 nitrogen and oxygen atoms in total. The van der Waals surface area contributed by atoms with E-state index in [9.17, 15) is 4.39 Å². The lowest BCUT2D eigenvalue weighted by molar-refractivity contribution is 0.617. The molecule has 3 rings (SSSR count). The topological polar surface area (TPSA) is 25.8 Å². The average molecular weight is 318 g/mol. The third-order valence-corrected chi connectivity index (χ3v) is 5.55. The summed E-state index contributed by atoms with van der Waals surface area (Å²) in [4.78, 5) is 11.4. The van der Waals surface area contributed by atoms with Gasteiger partial charge in [0.15, 0.2) is 0 Å². The van der Waals surface area contributed by atoms with Crippen LogP contribution < -0.4 is 0 Å². The van der Waals surface area contributed by atoms with Crippen LogP contribution in [0.2, 0.25) is 0 Å². The van der Waals surface area contributed by atoms with Gasteiger partial charge >= 0.3 is 0 Å². The fourth-order valence-electron chi connectivity index (χ4n) is 2.18. The molecule has 0 fully saturated rings. The SMILES string of the molecule is Cc1nc(SCc2ccccc2F)c2c(C)c(C)sc2n1. The number of hydrogen-bond acceptors (Lipinski definition) is 4. The maximum atomic E-state index is 13.7. The first kappa shape index (κ1) is 14.5. The van der Waals surface area contributed by atoms with Gasteiger partial charge in [0.2, 0.25) is 0 Å². The Hall–Kier alpha value is -1.46. The molecular weight excluding hydrogens is 303 g/mol. The number of halogens is 1. The van der Waals surface area contributed by atoms with Gasteiger partial charge in [0.25, 0.3) is 0 Å². The van der Waals surface area contributed by atoms with Gasteiger partial charge in [0.05, 0.1) is 0 Å². The normalized spacial score (nSPS) is 11.2. The van der Waals surface area contributed by atoms with Gasteiger partial charge < -0.3 is 0 Å². The zero-order chi connectivity index (χ0) is 15.0. The van der Waals surface area contributed by atoms with Gasteiger partial charge in [-0.25, -0.2) is 14.4 Å². The van der Waals surface area contributed by atoms with Crippen LogP contribution in [0.15, 0.2) is 29.3 Å². The predicted octanol–water partition coefficient (Wildman–Crippen LogP) is 5.05. The molecule has 0 bridgehead atoms. The van der Waals surface area contributed by atoms with Crippen LogP contribution in [0, 0.1) is 26.6 Å². The first-order valence-electron chi connectivity index (χ1n) is 6.67. The van der Waals surface area contributed by atoms with Crippen LogP contribution >= 0.6 is 23.1 Å². The van der Waals surface area contributed by atoms with E-state index in [1.807, 2.05) is 19.1 Å². The van der Waals surface area contributed by atoms with Crippen LogP contribution in [-0.4, -0.2) is 9.97 Å². The maximum Gasteiger partial charge on any atom is 0.128 e. The van der Waals surface area contributed by atoms with Crippen LogP contribution in [0.4, 0.5) is 4.39 Å². The van der Waals surface area contributed by atoms with E-state index in [0.717, 1.165) is 21.1 Å². The van der Waals surface area contributed by atoms with Gasteiger partial charge in [-0.2, -0.15) is 0 Å². The molecule has 0 aliphatic rings. The number of thioether (sulfide) groups is 1. The van der Waals surface area contributed by atoms with Crippen molar-refractivity contribution in [3.63, 3.8) is 0 Å². The summed E-state index contributed by atoms with van der Waals surface area (Å²) in [6, 6.07) is 6.89. The van der Waals surface area contributed by atoms with E-state index in [0.29, 0.717) is 11.3 Å². The van der Waals surface area contributed by atoms with Crippen molar-refractivity contribution in [2.75, 3.05) is 0 Å². The molecule has 108 valence electrons. The summed E-state index contributed by atoms with van der Waals surface area (Å²) < 4.78 is 13.7. The zero-order valence-electron chi connectivity index (χ0n) is 12.1. The molecule has 0 aliphatic heterocycles. The van der Waals surface area contributed by atoms with Gasteiger partial charge in [-0.1, -0.05) is 18.2 Å². The summed E-state index contributed by atoms with van der Waals surface area (Å²) in [6.45, 7) is 6.10. The third kappa shape index (κ3) is 2.80. The minimum atomic E-state index is -0.162. The van der Waals surface area contributed by atoms with E-state index >= 15 is 0 Å². The van der Waals surface area contributed by atoms with Gasteiger partial charge in [0, 0.05) is 16.0 Å². The first-order chi connectivity index (χ1) is 10.1. The quantitative estimate of drug-likeness (QED) is 0.499. The molecule has 1 aromatic carbocycles. The Kier molecular flexibility index (Phi) is 3.95. The smallest absolute Gasteiger partial charge is 0.128 e. The van der Waals surface area contributed by atoms with Crippen molar-refractivity contribution in [3.8, 4) is 0 Å². The molecular formula is C16H15FN2S2. The molecule has 0 saturated heterocycles. The highest BCUT2D eigenvalue weighted by Gasteiger charge is 2.14. The Morgan fingerprint density at radius 2 is 1.90 bits per heavy atom. The number of rotatable bonds is 3. The molecule has 2 heterocycles. The fraction of sp³-hybridized carbons (Fsp3) is 0.250. The molecule has 5 heteroatoms. The standard InChI is InChI=1S/C16H15FN2S2/c1-9-10(2)21-16-14(9)15(18-11(3)19-16)20-8-12-6-4-5-7-13(12)17/h4-7H,8H2,1-3H3. The summed E-state index contributed by atoms with van der Waals surface area (Å²) in [5.74, 6) is 1.18. The van der Waals surface area contributed by atoms with Crippen LogP contribution in [0.25, 0.3) is 10.2 Å². The zero-order valence-corrected chi connectivity index (χ0v) is 13.7. The van der Waals surface area contributed by atoms with Crippen LogP contribution in [0.3, 0.4) is 0 Å². The second-order valence-electron chi connectivity index (χ2n) is 4.92. The number of nitrogens with zero attached hydrogens (tertiary/aromatic N) is 2. The lowest BCUT2D eigenvalue weighted by Crippen LogP contribution is -1.93. The summed E-state index contributed by atoms with van der Waals surface area (Å²) in [7, 11) is 0. The van der Waals surface area contributed by atoms with E-state index in [2.05, 4.69) is 23.8 Å². The first-order valence-corrected chi connectivity index (χ1v) is 8.47. The van der Waals surface area contributed by atoms with Crippen molar-refractivity contribution in [2.45, 2.75) is 31.6 Å². The van der Waals surface area contributed by atoms with Crippen molar-refractivity contribution in [2.24, 2.45) is 0 Å². The third-order valence-electron chi connectivity index (χ3n) is 3.43. The Bertz CT molecular complexity index is 811. The Balaban J connectivity index is 1.99. The minimum Gasteiger partial charge on any atom is -0.226 e. The minimum absolute atomic E-state index is 0.162. The molecule has 0 radical (unpaired) electrons. The van der Waals surface area contributed by atoms with E-state index in [4.69, 9.17) is 0 Å². The van der Waals surface area contributed by atoms with Crippen LogP contribution in [-0.2, 0) is 5.75 Å². The molecule has 0 atom stereocenters. The summed E-state index contributed by atoms with van der Waals surface area (Å²) in [5.41, 5.74) is 1.93. The summed E-state index contributed by atoms with van der Waals surface area (Å²) in [5, 5.41) is 2.06. The number of fused-ring (bicyclic) bond motifs is 1. The summed E-state index contributed by atoms with van der Waals surface area (Å²) >= 11 is 3.27. The van der Waals surface area contributed by atoms with Crippen molar-refractivity contribution in [1.29, 1.82) is 0 Å². The van der Waals surface area contributed by atoms with Crippen LogP contribution in [0.1, 0.15) is 21.8 Å². The number of hydrogen-bond donors (Lipinski definition) is 0. The molecule has 0 saturated carbocycles. The molecule has 0 amide bonds. The number of aromatic nitrogens is 2. The van der Waals surface area contributed by atoms with Crippen molar-refractivity contribution in [3.05, 3.63) is 51.9 Å². The summed E-state index contributed by atoms with van der Waals surface area (Å²) in [6.07, 6.45) is 0. The van der Waals surface area contributed by atoms with Gasteiger partial charge in [-0.15, -0.1) is 23.1 Å². The Morgan fingerprint density at radius 3 is 2.67 bits per heavy atom. The largest absolute Gasteiger partial charge is 0.226 e. The van der Waals surface area contributed by atoms with Gasteiger partial charge in [-0.3, -0.25) is 0 Å². The predicted molar refractivity (Wildman–Crippen MR) is 87.6 cm³/mol. The monoisotopic (exact) mass is 318 g/mol.